The summed E-state index contributed by atoms with van der Waals surface area (Å²) in [5, 5.41) is 5.41. The summed E-state index contributed by atoms with van der Waals surface area (Å²) in [6.45, 7) is 3.49. The summed E-state index contributed by atoms with van der Waals surface area (Å²) in [5.74, 6) is 0.736. The normalized spacial score (nSPS) is 15.0. The SMILES string of the molecule is C(=N\Nc1ccc2ccccc2n1)/c1ccc(N2CCOCC2)cc1. The second-order valence-electron chi connectivity index (χ2n) is 5.95. The van der Waals surface area contributed by atoms with Crippen LogP contribution in [0.2, 0.25) is 0 Å². The van der Waals surface area contributed by atoms with Gasteiger partial charge in [0.1, 0.15) is 5.82 Å². The molecule has 3 aromatic rings. The topological polar surface area (TPSA) is 49.8 Å². The molecule has 5 nitrogen and oxygen atoms in total. The Morgan fingerprint density at radius 2 is 1.76 bits per heavy atom. The summed E-state index contributed by atoms with van der Waals surface area (Å²) in [5.41, 5.74) is 6.22. The van der Waals surface area contributed by atoms with Crippen molar-refractivity contribution in [2.75, 3.05) is 36.6 Å². The molecule has 126 valence electrons. The van der Waals surface area contributed by atoms with E-state index in [-0.39, 0.29) is 0 Å². The molecular weight excluding hydrogens is 312 g/mol. The molecule has 1 aromatic heterocycles. The highest BCUT2D eigenvalue weighted by Gasteiger charge is 2.10. The third-order valence-electron chi connectivity index (χ3n) is 4.26. The molecule has 1 N–H and O–H groups in total. The van der Waals surface area contributed by atoms with Gasteiger partial charge in [-0.3, -0.25) is 5.43 Å². The van der Waals surface area contributed by atoms with Crippen LogP contribution in [0.25, 0.3) is 10.9 Å². The third-order valence-corrected chi connectivity index (χ3v) is 4.26. The average Bonchev–Trinajstić information content (AvgIpc) is 2.69. The molecule has 1 fully saturated rings. The number of pyridine rings is 1. The standard InChI is InChI=1S/C20H20N4O/c1-2-4-19-17(3-1)7-10-20(22-19)23-21-15-16-5-8-18(9-6-16)24-11-13-25-14-12-24/h1-10,15H,11-14H2,(H,22,23)/b21-15+. The fourth-order valence-electron chi connectivity index (χ4n) is 2.89. The Morgan fingerprint density at radius 1 is 0.960 bits per heavy atom. The van der Waals surface area contributed by atoms with Gasteiger partial charge in [0, 0.05) is 24.2 Å². The van der Waals surface area contributed by atoms with Crippen molar-refractivity contribution in [3.05, 3.63) is 66.2 Å². The number of rotatable bonds is 4. The summed E-state index contributed by atoms with van der Waals surface area (Å²) in [4.78, 5) is 6.87. The van der Waals surface area contributed by atoms with Gasteiger partial charge < -0.3 is 9.64 Å². The zero-order chi connectivity index (χ0) is 16.9. The van der Waals surface area contributed by atoms with E-state index in [0.717, 1.165) is 48.6 Å². The number of ether oxygens (including phenoxy) is 1. The highest BCUT2D eigenvalue weighted by Crippen LogP contribution is 2.16. The van der Waals surface area contributed by atoms with Crippen LogP contribution in [0.5, 0.6) is 0 Å². The molecule has 0 unspecified atom stereocenters. The van der Waals surface area contributed by atoms with Crippen LogP contribution in [0.3, 0.4) is 0 Å². The van der Waals surface area contributed by atoms with E-state index in [1.54, 1.807) is 6.21 Å². The number of benzene rings is 2. The molecule has 0 radical (unpaired) electrons. The second kappa shape index (κ2) is 7.32. The molecule has 0 saturated carbocycles. The van der Waals surface area contributed by atoms with Crippen LogP contribution in [-0.2, 0) is 4.74 Å². The van der Waals surface area contributed by atoms with Gasteiger partial charge in [-0.1, -0.05) is 30.3 Å². The van der Waals surface area contributed by atoms with Crippen LogP contribution in [0, 0.1) is 0 Å². The van der Waals surface area contributed by atoms with E-state index in [2.05, 4.69) is 44.7 Å². The maximum Gasteiger partial charge on any atom is 0.146 e. The monoisotopic (exact) mass is 332 g/mol. The molecule has 0 aliphatic carbocycles. The number of hydrogen-bond donors (Lipinski definition) is 1. The van der Waals surface area contributed by atoms with Crippen molar-refractivity contribution >= 4 is 28.6 Å². The lowest BCUT2D eigenvalue weighted by Gasteiger charge is -2.28. The van der Waals surface area contributed by atoms with Crippen molar-refractivity contribution < 1.29 is 4.74 Å². The lowest BCUT2D eigenvalue weighted by molar-refractivity contribution is 0.122. The van der Waals surface area contributed by atoms with Gasteiger partial charge in [0.2, 0.25) is 0 Å². The lowest BCUT2D eigenvalue weighted by Crippen LogP contribution is -2.36. The molecule has 2 aromatic carbocycles. The van der Waals surface area contributed by atoms with Crippen LogP contribution in [0.4, 0.5) is 11.5 Å². The van der Waals surface area contributed by atoms with Gasteiger partial charge in [0.05, 0.1) is 24.9 Å². The molecule has 1 aliphatic heterocycles. The van der Waals surface area contributed by atoms with E-state index < -0.39 is 0 Å². The third kappa shape index (κ3) is 3.78. The van der Waals surface area contributed by atoms with Crippen LogP contribution in [0.1, 0.15) is 5.56 Å². The Bertz CT molecular complexity index is 870. The first-order valence-corrected chi connectivity index (χ1v) is 8.46. The van der Waals surface area contributed by atoms with E-state index in [4.69, 9.17) is 4.74 Å². The zero-order valence-electron chi connectivity index (χ0n) is 13.9. The van der Waals surface area contributed by atoms with E-state index in [9.17, 15) is 0 Å². The Kier molecular flexibility index (Phi) is 4.57. The molecule has 0 bridgehead atoms. The Hall–Kier alpha value is -2.92. The van der Waals surface area contributed by atoms with Crippen molar-refractivity contribution in [2.24, 2.45) is 5.10 Å². The molecule has 4 rings (SSSR count). The average molecular weight is 332 g/mol. The first kappa shape index (κ1) is 15.6. The Balaban J connectivity index is 1.40. The first-order valence-electron chi connectivity index (χ1n) is 8.46. The number of fused-ring (bicyclic) bond motifs is 1. The molecule has 0 spiro atoms. The van der Waals surface area contributed by atoms with Gasteiger partial charge in [-0.15, -0.1) is 0 Å². The lowest BCUT2D eigenvalue weighted by atomic mass is 10.2. The van der Waals surface area contributed by atoms with Gasteiger partial charge in [0.15, 0.2) is 0 Å². The summed E-state index contributed by atoms with van der Waals surface area (Å²) in [6.07, 6.45) is 1.81. The van der Waals surface area contributed by atoms with Crippen molar-refractivity contribution in [3.8, 4) is 0 Å². The molecule has 25 heavy (non-hydrogen) atoms. The van der Waals surface area contributed by atoms with E-state index in [0.29, 0.717) is 0 Å². The van der Waals surface area contributed by atoms with Crippen molar-refractivity contribution in [1.29, 1.82) is 0 Å². The van der Waals surface area contributed by atoms with Crippen LogP contribution >= 0.6 is 0 Å². The van der Waals surface area contributed by atoms with Crippen LogP contribution < -0.4 is 10.3 Å². The molecule has 5 heteroatoms. The highest BCUT2D eigenvalue weighted by atomic mass is 16.5. The summed E-state index contributed by atoms with van der Waals surface area (Å²) >= 11 is 0. The number of aromatic nitrogens is 1. The predicted octanol–water partition coefficient (Wildman–Crippen LogP) is 3.52. The smallest absolute Gasteiger partial charge is 0.146 e. The number of morpholine rings is 1. The number of nitrogens with one attached hydrogen (secondary N) is 1. The summed E-state index contributed by atoms with van der Waals surface area (Å²) in [7, 11) is 0. The molecule has 1 saturated heterocycles. The quantitative estimate of drug-likeness (QED) is 0.587. The fraction of sp³-hybridized carbons (Fsp3) is 0.200. The Labute approximate surface area is 146 Å². The van der Waals surface area contributed by atoms with Gasteiger partial charge in [-0.25, -0.2) is 4.98 Å². The molecule has 1 aliphatic rings. The second-order valence-corrected chi connectivity index (χ2v) is 5.95. The van der Waals surface area contributed by atoms with Crippen molar-refractivity contribution in [3.63, 3.8) is 0 Å². The minimum atomic E-state index is 0.736. The molecule has 2 heterocycles. The van der Waals surface area contributed by atoms with E-state index in [1.165, 1.54) is 5.69 Å². The largest absolute Gasteiger partial charge is 0.378 e. The number of para-hydroxylation sites is 1. The van der Waals surface area contributed by atoms with Crippen LogP contribution in [0.15, 0.2) is 65.8 Å². The molecule has 0 atom stereocenters. The first-order chi connectivity index (χ1) is 12.4. The van der Waals surface area contributed by atoms with E-state index >= 15 is 0 Å². The number of hydrazone groups is 1. The number of nitrogens with zero attached hydrogens (tertiary/aromatic N) is 3. The van der Waals surface area contributed by atoms with Crippen LogP contribution in [-0.4, -0.2) is 37.5 Å². The summed E-state index contributed by atoms with van der Waals surface area (Å²) < 4.78 is 5.39. The maximum absolute atomic E-state index is 5.39. The minimum absolute atomic E-state index is 0.736. The van der Waals surface area contributed by atoms with E-state index in [1.807, 2.05) is 36.4 Å². The molecular formula is C20H20N4O. The minimum Gasteiger partial charge on any atom is -0.378 e. The van der Waals surface area contributed by atoms with Gasteiger partial charge in [-0.2, -0.15) is 5.10 Å². The highest BCUT2D eigenvalue weighted by molar-refractivity contribution is 5.82. The van der Waals surface area contributed by atoms with Gasteiger partial charge in [0.25, 0.3) is 0 Å². The van der Waals surface area contributed by atoms with Crippen molar-refractivity contribution in [2.45, 2.75) is 0 Å². The van der Waals surface area contributed by atoms with Crippen molar-refractivity contribution in [1.82, 2.24) is 4.98 Å². The number of anilines is 2. The number of hydrogen-bond acceptors (Lipinski definition) is 5. The zero-order valence-corrected chi connectivity index (χ0v) is 13.9. The maximum atomic E-state index is 5.39. The predicted molar refractivity (Wildman–Crippen MR) is 102 cm³/mol. The molecule has 0 amide bonds. The fourth-order valence-corrected chi connectivity index (χ4v) is 2.89. The summed E-state index contributed by atoms with van der Waals surface area (Å²) in [6, 6.07) is 20.4. The van der Waals surface area contributed by atoms with Gasteiger partial charge in [-0.05, 0) is 35.9 Å². The van der Waals surface area contributed by atoms with Gasteiger partial charge >= 0.3 is 0 Å². The Morgan fingerprint density at radius 3 is 2.60 bits per heavy atom.